The average Bonchev–Trinajstić information content (AvgIpc) is 2.56. The van der Waals surface area contributed by atoms with Crippen molar-refractivity contribution in [3.05, 3.63) is 0 Å². The fourth-order valence-electron chi connectivity index (χ4n) is 5.72. The Labute approximate surface area is 144 Å². The molecule has 2 bridgehead atoms. The molecule has 0 aromatic heterocycles. The molecule has 3 rings (SSSR count). The summed E-state index contributed by atoms with van der Waals surface area (Å²) in [5.41, 5.74) is 0. The summed E-state index contributed by atoms with van der Waals surface area (Å²) in [6.07, 6.45) is 15.0. The molecule has 1 saturated carbocycles. The number of piperidine rings is 2. The number of rotatable bonds is 10. The van der Waals surface area contributed by atoms with Crippen LogP contribution in [-0.4, -0.2) is 40.4 Å². The van der Waals surface area contributed by atoms with Gasteiger partial charge < -0.3 is 0 Å². The van der Waals surface area contributed by atoms with Gasteiger partial charge in [0.25, 0.3) is 0 Å². The molecule has 0 aromatic carbocycles. The zero-order valence-corrected chi connectivity index (χ0v) is 18.7. The molecule has 2 heterocycles. The van der Waals surface area contributed by atoms with Gasteiger partial charge in [0.1, 0.15) is 0 Å². The minimum atomic E-state index is -2.06. The van der Waals surface area contributed by atoms with Crippen LogP contribution < -0.4 is 0 Å². The quantitative estimate of drug-likeness (QED) is 0.382. The summed E-state index contributed by atoms with van der Waals surface area (Å²) < 4.78 is 6.20. The summed E-state index contributed by atoms with van der Waals surface area (Å²) in [5.74, 6) is 1.09. The van der Waals surface area contributed by atoms with Crippen LogP contribution in [0.3, 0.4) is 0 Å². The minimum absolute atomic E-state index is 0.955. The van der Waals surface area contributed by atoms with Gasteiger partial charge in [-0.2, -0.15) is 0 Å². The molecule has 0 N–H and O–H groups in total. The second kappa shape index (κ2) is 9.30. The van der Waals surface area contributed by atoms with E-state index >= 15 is 0 Å². The van der Waals surface area contributed by atoms with Crippen molar-refractivity contribution in [3.8, 4) is 0 Å². The molecule has 0 aromatic rings. The van der Waals surface area contributed by atoms with Crippen LogP contribution in [-0.2, 0) is 0 Å². The molecule has 2 saturated heterocycles. The van der Waals surface area contributed by atoms with Gasteiger partial charge in [-0.3, -0.25) is 0 Å². The average molecular weight is 414 g/mol. The predicted octanol–water partition coefficient (Wildman–Crippen LogP) is 6.25. The Morgan fingerprint density at radius 2 is 1.23 bits per heavy atom. The molecule has 0 radical (unpaired) electrons. The van der Waals surface area contributed by atoms with Gasteiger partial charge in [0.2, 0.25) is 0 Å². The van der Waals surface area contributed by atoms with E-state index in [1.54, 1.807) is 26.2 Å². The number of hydrogen-bond acceptors (Lipinski definition) is 1. The topological polar surface area (TPSA) is 3.24 Å². The molecule has 1 aliphatic carbocycles. The maximum absolute atomic E-state index is 2.95. The van der Waals surface area contributed by atoms with E-state index in [4.69, 9.17) is 0 Å². The molecule has 1 atom stereocenters. The van der Waals surface area contributed by atoms with Crippen molar-refractivity contribution in [1.29, 1.82) is 0 Å². The summed E-state index contributed by atoms with van der Waals surface area (Å²) in [6, 6.07) is 0.955. The molecule has 22 heavy (non-hydrogen) atoms. The zero-order chi connectivity index (χ0) is 16.0. The van der Waals surface area contributed by atoms with Gasteiger partial charge in [0, 0.05) is 0 Å². The Balaban J connectivity index is 2.22. The third-order valence-corrected chi connectivity index (χ3v) is 24.6. The van der Waals surface area contributed by atoms with E-state index in [1.807, 2.05) is 0 Å². The van der Waals surface area contributed by atoms with E-state index in [0.29, 0.717) is 0 Å². The molecule has 2 aliphatic heterocycles. The van der Waals surface area contributed by atoms with Crippen molar-refractivity contribution in [3.63, 3.8) is 0 Å². The maximum atomic E-state index is 2.95. The Morgan fingerprint density at radius 3 is 1.59 bits per heavy atom. The summed E-state index contributed by atoms with van der Waals surface area (Å²) in [7, 11) is 2.52. The Hall–Kier alpha value is 0.759. The van der Waals surface area contributed by atoms with Crippen molar-refractivity contribution in [1.82, 2.24) is 4.90 Å². The first-order valence-corrected chi connectivity index (χ1v) is 18.1. The van der Waals surface area contributed by atoms with Gasteiger partial charge in [-0.25, -0.2) is 0 Å². The second-order valence-corrected chi connectivity index (χ2v) is 22.1. The summed E-state index contributed by atoms with van der Waals surface area (Å²) >= 11 is -2.06. The molecule has 1 unspecified atom stereocenters. The molecular weight excluding hydrogens is 373 g/mol. The first-order chi connectivity index (χ1) is 10.7. The van der Waals surface area contributed by atoms with Gasteiger partial charge in [0.15, 0.2) is 0 Å². The van der Waals surface area contributed by atoms with Gasteiger partial charge in [-0.1, -0.05) is 0 Å². The van der Waals surface area contributed by atoms with Crippen molar-refractivity contribution in [2.75, 3.05) is 7.05 Å². The number of hydrogen-bond donors (Lipinski definition) is 0. The van der Waals surface area contributed by atoms with Crippen molar-refractivity contribution in [2.45, 2.75) is 108 Å². The SMILES string of the molecule is CCC[CH2][Sn]([CH2]CCC)([CH2]CCC)[CH]1C2CCC(CC2)N1C. The molecule has 1 nitrogen and oxygen atoms in total. The third kappa shape index (κ3) is 4.23. The van der Waals surface area contributed by atoms with E-state index in [-0.39, 0.29) is 0 Å². The Kier molecular flexibility index (Phi) is 8.07. The first kappa shape index (κ1) is 19.1. The third-order valence-electron chi connectivity index (χ3n) is 6.91. The number of unbranched alkanes of at least 4 members (excludes halogenated alkanes) is 3. The molecule has 130 valence electrons. The second-order valence-electron chi connectivity index (χ2n) is 8.35. The predicted molar refractivity (Wildman–Crippen MR) is 102 cm³/mol. The van der Waals surface area contributed by atoms with E-state index < -0.39 is 18.4 Å². The first-order valence-electron chi connectivity index (χ1n) is 10.4. The van der Waals surface area contributed by atoms with Gasteiger partial charge in [0.05, 0.1) is 0 Å². The van der Waals surface area contributed by atoms with Crippen LogP contribution in [0.25, 0.3) is 0 Å². The van der Waals surface area contributed by atoms with Crippen molar-refractivity contribution in [2.24, 2.45) is 5.92 Å². The van der Waals surface area contributed by atoms with Gasteiger partial charge in [-0.15, -0.1) is 0 Å². The van der Waals surface area contributed by atoms with Gasteiger partial charge in [-0.05, 0) is 0 Å². The van der Waals surface area contributed by atoms with E-state index in [1.165, 1.54) is 51.4 Å². The number of nitrogens with zero attached hydrogens (tertiary/aromatic N) is 1. The van der Waals surface area contributed by atoms with Crippen LogP contribution in [0.5, 0.6) is 0 Å². The fraction of sp³-hybridized carbons (Fsp3) is 1.00. The van der Waals surface area contributed by atoms with Crippen molar-refractivity contribution < 1.29 is 0 Å². The standard InChI is InChI=1S/C8H14N.3C4H9.Sn/c1-9-6-7-2-4-8(9)5-3-7;3*1-3-4-2;/h6-8H,2-5H2,1H3;3*1,3-4H2,2H3;. The van der Waals surface area contributed by atoms with Crippen LogP contribution in [0.2, 0.25) is 13.3 Å². The van der Waals surface area contributed by atoms with Gasteiger partial charge >= 0.3 is 145 Å². The monoisotopic (exact) mass is 415 g/mol. The Morgan fingerprint density at radius 1 is 0.773 bits per heavy atom. The summed E-state index contributed by atoms with van der Waals surface area (Å²) in [6.45, 7) is 7.23. The molecule has 3 fully saturated rings. The van der Waals surface area contributed by atoms with E-state index in [0.717, 1.165) is 16.0 Å². The van der Waals surface area contributed by atoms with Crippen LogP contribution in [0.4, 0.5) is 0 Å². The zero-order valence-electron chi connectivity index (χ0n) is 15.9. The molecule has 0 spiro atoms. The van der Waals surface area contributed by atoms with E-state index in [9.17, 15) is 0 Å². The molecule has 2 heteroatoms. The summed E-state index contributed by atoms with van der Waals surface area (Å²) in [4.78, 5) is 2.95. The van der Waals surface area contributed by atoms with Crippen LogP contribution in [0, 0.1) is 5.92 Å². The Bertz CT molecular complexity index is 285. The van der Waals surface area contributed by atoms with Crippen LogP contribution >= 0.6 is 0 Å². The number of fused-ring (bicyclic) bond motifs is 3. The molecule has 0 amide bonds. The molecular formula is C20H41NSn. The summed E-state index contributed by atoms with van der Waals surface area (Å²) in [5, 5.41) is 0. The van der Waals surface area contributed by atoms with Crippen LogP contribution in [0.1, 0.15) is 85.0 Å². The molecule has 3 aliphatic rings. The fourth-order valence-corrected chi connectivity index (χ4v) is 26.3. The van der Waals surface area contributed by atoms with E-state index in [2.05, 4.69) is 32.7 Å². The van der Waals surface area contributed by atoms with Crippen LogP contribution in [0.15, 0.2) is 0 Å². The van der Waals surface area contributed by atoms with Crippen molar-refractivity contribution >= 4 is 18.4 Å². The normalized spacial score (nSPS) is 29.2.